The van der Waals surface area contributed by atoms with E-state index in [1.807, 2.05) is 0 Å². The lowest BCUT2D eigenvalue weighted by molar-refractivity contribution is 0.0775. The van der Waals surface area contributed by atoms with Gasteiger partial charge in [0, 0.05) is 19.2 Å². The van der Waals surface area contributed by atoms with E-state index in [0.29, 0.717) is 22.8 Å². The van der Waals surface area contributed by atoms with Crippen molar-refractivity contribution >= 4 is 5.91 Å². The normalized spacial score (nSPS) is 11.3. The second-order valence-corrected chi connectivity index (χ2v) is 5.07. The zero-order valence-corrected chi connectivity index (χ0v) is 13.1. The Hall–Kier alpha value is -1.99. The van der Waals surface area contributed by atoms with Gasteiger partial charge in [0.25, 0.3) is 5.91 Å². The monoisotopic (exact) mass is 289 g/mol. The molecule has 0 aliphatic heterocycles. The van der Waals surface area contributed by atoms with Gasteiger partial charge in [-0.1, -0.05) is 32.1 Å². The standard InChI is InChI=1S/C17H23NO3/c1-5-13(2)12-18(3)17(20)15-8-9-16(21-4)14(11-15)7-6-10-19/h8-9,11,13,19H,5,10,12H2,1-4H3. The molecule has 1 unspecified atom stereocenters. The van der Waals surface area contributed by atoms with Crippen LogP contribution < -0.4 is 4.74 Å². The smallest absolute Gasteiger partial charge is 0.253 e. The average molecular weight is 289 g/mol. The molecule has 4 nitrogen and oxygen atoms in total. The third-order valence-corrected chi connectivity index (χ3v) is 3.38. The Morgan fingerprint density at radius 3 is 2.76 bits per heavy atom. The van der Waals surface area contributed by atoms with E-state index < -0.39 is 0 Å². The van der Waals surface area contributed by atoms with E-state index in [0.717, 1.165) is 13.0 Å². The summed E-state index contributed by atoms with van der Waals surface area (Å²) >= 11 is 0. The second-order valence-electron chi connectivity index (χ2n) is 5.07. The minimum Gasteiger partial charge on any atom is -0.495 e. The third kappa shape index (κ3) is 4.80. The maximum atomic E-state index is 12.4. The number of methoxy groups -OCH3 is 1. The molecule has 0 saturated carbocycles. The molecule has 21 heavy (non-hydrogen) atoms. The molecular formula is C17H23NO3. The van der Waals surface area contributed by atoms with Crippen LogP contribution in [0.15, 0.2) is 18.2 Å². The topological polar surface area (TPSA) is 49.8 Å². The highest BCUT2D eigenvalue weighted by Gasteiger charge is 2.15. The molecule has 0 radical (unpaired) electrons. The minimum absolute atomic E-state index is 0.0370. The Morgan fingerprint density at radius 2 is 2.19 bits per heavy atom. The van der Waals surface area contributed by atoms with Crippen molar-refractivity contribution in [3.63, 3.8) is 0 Å². The first-order valence-electron chi connectivity index (χ1n) is 7.06. The summed E-state index contributed by atoms with van der Waals surface area (Å²) in [6.45, 7) is 4.73. The Balaban J connectivity index is 3.00. The zero-order valence-electron chi connectivity index (χ0n) is 13.1. The van der Waals surface area contributed by atoms with Gasteiger partial charge in [0.05, 0.1) is 12.7 Å². The van der Waals surface area contributed by atoms with Gasteiger partial charge in [0.1, 0.15) is 12.4 Å². The summed E-state index contributed by atoms with van der Waals surface area (Å²) in [5.41, 5.74) is 1.18. The van der Waals surface area contributed by atoms with Crippen molar-refractivity contribution in [1.82, 2.24) is 4.90 Å². The number of rotatable bonds is 5. The van der Waals surface area contributed by atoms with Gasteiger partial charge in [0.15, 0.2) is 0 Å². The van der Waals surface area contributed by atoms with E-state index >= 15 is 0 Å². The molecule has 0 heterocycles. The van der Waals surface area contributed by atoms with Crippen LogP contribution in [0.4, 0.5) is 0 Å². The van der Waals surface area contributed by atoms with Crippen molar-refractivity contribution in [2.24, 2.45) is 5.92 Å². The van der Waals surface area contributed by atoms with E-state index in [-0.39, 0.29) is 12.5 Å². The fourth-order valence-electron chi connectivity index (χ4n) is 1.97. The summed E-state index contributed by atoms with van der Waals surface area (Å²) in [5, 5.41) is 8.79. The molecular weight excluding hydrogens is 266 g/mol. The van der Waals surface area contributed by atoms with Crippen LogP contribution >= 0.6 is 0 Å². The molecule has 0 aliphatic carbocycles. The molecule has 1 atom stereocenters. The van der Waals surface area contributed by atoms with Crippen LogP contribution in [0.2, 0.25) is 0 Å². The number of carbonyl (C=O) groups is 1. The van der Waals surface area contributed by atoms with Crippen molar-refractivity contribution in [1.29, 1.82) is 0 Å². The van der Waals surface area contributed by atoms with E-state index in [9.17, 15) is 4.79 Å². The molecule has 4 heteroatoms. The lowest BCUT2D eigenvalue weighted by Crippen LogP contribution is -2.30. The highest BCUT2D eigenvalue weighted by atomic mass is 16.5. The minimum atomic E-state index is -0.227. The average Bonchev–Trinajstić information content (AvgIpc) is 2.51. The summed E-state index contributed by atoms with van der Waals surface area (Å²) in [6, 6.07) is 5.17. The lowest BCUT2D eigenvalue weighted by Gasteiger charge is -2.21. The Kier molecular flexibility index (Phi) is 6.77. The van der Waals surface area contributed by atoms with Gasteiger partial charge >= 0.3 is 0 Å². The number of ether oxygens (including phenoxy) is 1. The van der Waals surface area contributed by atoms with Gasteiger partial charge in [-0.2, -0.15) is 0 Å². The Bertz CT molecular complexity index is 543. The molecule has 1 rings (SSSR count). The van der Waals surface area contributed by atoms with Crippen LogP contribution in [0.1, 0.15) is 36.2 Å². The van der Waals surface area contributed by atoms with E-state index in [1.54, 1.807) is 37.3 Å². The molecule has 1 amide bonds. The van der Waals surface area contributed by atoms with E-state index in [2.05, 4.69) is 25.7 Å². The first kappa shape index (κ1) is 17.1. The summed E-state index contributed by atoms with van der Waals surface area (Å²) in [5.74, 6) is 6.40. The summed E-state index contributed by atoms with van der Waals surface area (Å²) < 4.78 is 5.21. The zero-order chi connectivity index (χ0) is 15.8. The van der Waals surface area contributed by atoms with Crippen molar-refractivity contribution in [3.8, 4) is 17.6 Å². The molecule has 0 aromatic heterocycles. The number of carbonyl (C=O) groups excluding carboxylic acids is 1. The quantitative estimate of drug-likeness (QED) is 0.845. The number of hydrogen-bond donors (Lipinski definition) is 1. The fourth-order valence-corrected chi connectivity index (χ4v) is 1.97. The van der Waals surface area contributed by atoms with Crippen molar-refractivity contribution in [2.75, 3.05) is 27.3 Å². The van der Waals surface area contributed by atoms with Gasteiger partial charge in [-0.3, -0.25) is 4.79 Å². The fraction of sp³-hybridized carbons (Fsp3) is 0.471. The molecule has 0 aliphatic rings. The molecule has 0 saturated heterocycles. The van der Waals surface area contributed by atoms with Crippen LogP contribution in [0.5, 0.6) is 5.75 Å². The predicted octanol–water partition coefficient (Wildman–Crippen LogP) is 2.16. The number of aliphatic hydroxyl groups is 1. The van der Waals surface area contributed by atoms with Gasteiger partial charge < -0.3 is 14.7 Å². The van der Waals surface area contributed by atoms with Gasteiger partial charge in [-0.25, -0.2) is 0 Å². The van der Waals surface area contributed by atoms with Crippen molar-refractivity contribution in [2.45, 2.75) is 20.3 Å². The van der Waals surface area contributed by atoms with Gasteiger partial charge in [-0.15, -0.1) is 0 Å². The third-order valence-electron chi connectivity index (χ3n) is 3.38. The second kappa shape index (κ2) is 8.33. The summed E-state index contributed by atoms with van der Waals surface area (Å²) in [4.78, 5) is 14.1. The largest absolute Gasteiger partial charge is 0.495 e. The van der Waals surface area contributed by atoms with Crippen LogP contribution in [-0.4, -0.2) is 43.2 Å². The summed E-state index contributed by atoms with van der Waals surface area (Å²) in [6.07, 6.45) is 1.04. The Labute approximate surface area is 126 Å². The van der Waals surface area contributed by atoms with E-state index in [1.165, 1.54) is 0 Å². The first-order valence-corrected chi connectivity index (χ1v) is 7.06. The molecule has 0 spiro atoms. The highest BCUT2D eigenvalue weighted by molar-refractivity contribution is 5.94. The van der Waals surface area contributed by atoms with Gasteiger partial charge in [0.2, 0.25) is 0 Å². The predicted molar refractivity (Wildman–Crippen MR) is 83.4 cm³/mol. The van der Waals surface area contributed by atoms with Crippen LogP contribution in [0, 0.1) is 17.8 Å². The Morgan fingerprint density at radius 1 is 1.48 bits per heavy atom. The molecule has 1 aromatic carbocycles. The van der Waals surface area contributed by atoms with Crippen LogP contribution in [-0.2, 0) is 0 Å². The number of benzene rings is 1. The molecule has 114 valence electrons. The first-order chi connectivity index (χ1) is 10.0. The maximum absolute atomic E-state index is 12.4. The number of hydrogen-bond acceptors (Lipinski definition) is 3. The maximum Gasteiger partial charge on any atom is 0.253 e. The lowest BCUT2D eigenvalue weighted by atomic mass is 10.1. The van der Waals surface area contributed by atoms with E-state index in [4.69, 9.17) is 9.84 Å². The summed E-state index contributed by atoms with van der Waals surface area (Å²) in [7, 11) is 3.35. The number of nitrogens with zero attached hydrogens (tertiary/aromatic N) is 1. The number of aliphatic hydroxyl groups excluding tert-OH is 1. The van der Waals surface area contributed by atoms with Crippen molar-refractivity contribution < 1.29 is 14.6 Å². The van der Waals surface area contributed by atoms with Crippen LogP contribution in [0.25, 0.3) is 0 Å². The van der Waals surface area contributed by atoms with Crippen molar-refractivity contribution in [3.05, 3.63) is 29.3 Å². The number of amides is 1. The van der Waals surface area contributed by atoms with Gasteiger partial charge in [-0.05, 0) is 24.1 Å². The molecule has 1 aromatic rings. The van der Waals surface area contributed by atoms with Crippen LogP contribution in [0.3, 0.4) is 0 Å². The molecule has 0 bridgehead atoms. The molecule has 1 N–H and O–H groups in total. The highest BCUT2D eigenvalue weighted by Crippen LogP contribution is 2.20. The SMILES string of the molecule is CCC(C)CN(C)C(=O)c1ccc(OC)c(C#CCO)c1. The molecule has 0 fully saturated rings.